The third-order valence-electron chi connectivity index (χ3n) is 6.25. The average molecular weight is 497 g/mol. The number of carbonyl (C=O) groups is 1. The third-order valence-corrected chi connectivity index (χ3v) is 6.25. The molecule has 0 atom stereocenters. The molecule has 0 unspecified atom stereocenters. The second kappa shape index (κ2) is 9.90. The molecule has 0 bridgehead atoms. The summed E-state index contributed by atoms with van der Waals surface area (Å²) in [6, 6.07) is 2.23. The molecule has 4 N–H and O–H groups in total. The normalized spacial score (nSPS) is 18.3. The molecule has 2 fully saturated rings. The quantitative estimate of drug-likeness (QED) is 0.450. The van der Waals surface area contributed by atoms with Gasteiger partial charge in [0.05, 0.1) is 12.1 Å². The summed E-state index contributed by atoms with van der Waals surface area (Å²) in [5.74, 6) is -1.17. The number of anilines is 2. The minimum Gasteiger partial charge on any atom is -0.388 e. The van der Waals surface area contributed by atoms with E-state index in [1.54, 1.807) is 4.90 Å². The van der Waals surface area contributed by atoms with E-state index in [0.717, 1.165) is 25.1 Å². The molecular formula is C22H27F4N7O2. The Morgan fingerprint density at radius 2 is 1.94 bits per heavy atom. The summed E-state index contributed by atoms with van der Waals surface area (Å²) in [5.41, 5.74) is 3.62. The summed E-state index contributed by atoms with van der Waals surface area (Å²) in [7, 11) is 0. The van der Waals surface area contributed by atoms with Crippen LogP contribution < -0.4 is 16.0 Å². The van der Waals surface area contributed by atoms with Gasteiger partial charge < -0.3 is 21.1 Å². The van der Waals surface area contributed by atoms with Crippen LogP contribution in [0.2, 0.25) is 0 Å². The lowest BCUT2D eigenvalue weighted by molar-refractivity contribution is -0.141. The zero-order valence-electron chi connectivity index (χ0n) is 18.9. The Balaban J connectivity index is 1.43. The fourth-order valence-corrected chi connectivity index (χ4v) is 4.10. The summed E-state index contributed by atoms with van der Waals surface area (Å²) in [6.45, 7) is 1.28. The van der Waals surface area contributed by atoms with Crippen molar-refractivity contribution < 1.29 is 27.5 Å². The highest BCUT2D eigenvalue weighted by molar-refractivity contribution is 5.75. The molecule has 0 radical (unpaired) electrons. The standard InChI is InChI=1S/C22H27F4N7O2/c23-18-19(29-12-21(35)5-7-32(8-6-21)11-17(27)34)30-13-31-20(18)33(15-2-3-15)10-14-1-4-16(28-9-14)22(24,25)26/h1,4,9,13,15,35H,2-3,5-8,10-12H2,(H2,27,34)(H,29,30,31). The van der Waals surface area contributed by atoms with Crippen LogP contribution in [0, 0.1) is 5.82 Å². The molecule has 4 rings (SSSR count). The van der Waals surface area contributed by atoms with Gasteiger partial charge in [0.1, 0.15) is 12.0 Å². The number of aliphatic hydroxyl groups is 1. The van der Waals surface area contributed by atoms with Crippen molar-refractivity contribution in [3.05, 3.63) is 41.7 Å². The number of amides is 1. The van der Waals surface area contributed by atoms with E-state index in [4.69, 9.17) is 5.73 Å². The van der Waals surface area contributed by atoms with Gasteiger partial charge in [-0.3, -0.25) is 14.7 Å². The molecule has 1 saturated carbocycles. The van der Waals surface area contributed by atoms with E-state index >= 15 is 4.39 Å². The lowest BCUT2D eigenvalue weighted by atomic mass is 9.91. The van der Waals surface area contributed by atoms with Crippen LogP contribution in [0.4, 0.5) is 29.2 Å². The minimum atomic E-state index is -4.53. The topological polar surface area (TPSA) is 120 Å². The van der Waals surface area contributed by atoms with Crippen LogP contribution in [-0.2, 0) is 17.5 Å². The van der Waals surface area contributed by atoms with E-state index in [1.807, 2.05) is 4.90 Å². The Kier molecular flexibility index (Phi) is 7.08. The van der Waals surface area contributed by atoms with Gasteiger partial charge in [-0.1, -0.05) is 6.07 Å². The van der Waals surface area contributed by atoms with E-state index < -0.39 is 29.2 Å². The summed E-state index contributed by atoms with van der Waals surface area (Å²) < 4.78 is 53.8. The largest absolute Gasteiger partial charge is 0.433 e. The Bertz CT molecular complexity index is 1040. The number of alkyl halides is 3. The van der Waals surface area contributed by atoms with E-state index in [9.17, 15) is 23.1 Å². The van der Waals surface area contributed by atoms with Crippen molar-refractivity contribution in [2.24, 2.45) is 5.73 Å². The van der Waals surface area contributed by atoms with Gasteiger partial charge >= 0.3 is 6.18 Å². The number of aromatic nitrogens is 3. The molecule has 3 heterocycles. The molecule has 2 aliphatic rings. The molecule has 1 saturated heterocycles. The first-order chi connectivity index (χ1) is 16.5. The number of nitrogens with one attached hydrogen (secondary N) is 1. The zero-order valence-corrected chi connectivity index (χ0v) is 18.9. The molecule has 35 heavy (non-hydrogen) atoms. The van der Waals surface area contributed by atoms with Crippen molar-refractivity contribution in [2.45, 2.75) is 50.0 Å². The lowest BCUT2D eigenvalue weighted by Gasteiger charge is -2.37. The Morgan fingerprint density at radius 1 is 1.23 bits per heavy atom. The molecule has 1 aliphatic carbocycles. The number of pyridine rings is 1. The van der Waals surface area contributed by atoms with E-state index in [2.05, 4.69) is 20.3 Å². The number of piperidine rings is 1. The number of likely N-dealkylation sites (tertiary alicyclic amines) is 1. The number of carbonyl (C=O) groups excluding carboxylic acids is 1. The molecule has 0 aromatic carbocycles. The fraction of sp³-hybridized carbons (Fsp3) is 0.545. The maximum Gasteiger partial charge on any atom is 0.433 e. The number of nitrogens with zero attached hydrogens (tertiary/aromatic N) is 5. The van der Waals surface area contributed by atoms with Crippen LogP contribution in [0.15, 0.2) is 24.7 Å². The summed E-state index contributed by atoms with van der Waals surface area (Å²) in [4.78, 5) is 26.2. The maximum atomic E-state index is 15.4. The van der Waals surface area contributed by atoms with Gasteiger partial charge in [-0.15, -0.1) is 0 Å². The summed E-state index contributed by atoms with van der Waals surface area (Å²) >= 11 is 0. The van der Waals surface area contributed by atoms with Crippen LogP contribution >= 0.6 is 0 Å². The number of hydrogen-bond donors (Lipinski definition) is 3. The van der Waals surface area contributed by atoms with Gasteiger partial charge in [-0.2, -0.15) is 17.6 Å². The van der Waals surface area contributed by atoms with Gasteiger partial charge in [0.25, 0.3) is 0 Å². The zero-order chi connectivity index (χ0) is 25.2. The molecule has 2 aromatic heterocycles. The van der Waals surface area contributed by atoms with Crippen LogP contribution in [0.1, 0.15) is 36.9 Å². The van der Waals surface area contributed by atoms with Crippen LogP contribution in [0.3, 0.4) is 0 Å². The van der Waals surface area contributed by atoms with Gasteiger partial charge in [-0.25, -0.2) is 9.97 Å². The van der Waals surface area contributed by atoms with E-state index in [-0.39, 0.29) is 37.3 Å². The van der Waals surface area contributed by atoms with Crippen molar-refractivity contribution in [2.75, 3.05) is 36.4 Å². The SMILES string of the molecule is NC(=O)CN1CCC(O)(CNc2ncnc(N(Cc3ccc(C(F)(F)F)nc3)C3CC3)c2F)CC1. The molecule has 1 amide bonds. The van der Waals surface area contributed by atoms with Crippen molar-refractivity contribution in [3.63, 3.8) is 0 Å². The van der Waals surface area contributed by atoms with Crippen LogP contribution in [-0.4, -0.2) is 68.7 Å². The second-order valence-corrected chi connectivity index (χ2v) is 9.09. The van der Waals surface area contributed by atoms with Crippen molar-refractivity contribution in [1.29, 1.82) is 0 Å². The van der Waals surface area contributed by atoms with Crippen LogP contribution in [0.25, 0.3) is 0 Å². The Morgan fingerprint density at radius 3 is 2.51 bits per heavy atom. The number of halogens is 4. The first kappa shape index (κ1) is 25.0. The van der Waals surface area contributed by atoms with Gasteiger partial charge in [0, 0.05) is 38.4 Å². The lowest BCUT2D eigenvalue weighted by Crippen LogP contribution is -2.50. The Labute approximate surface area is 199 Å². The highest BCUT2D eigenvalue weighted by Crippen LogP contribution is 2.35. The average Bonchev–Trinajstić information content (AvgIpc) is 3.64. The van der Waals surface area contributed by atoms with Gasteiger partial charge in [-0.05, 0) is 37.3 Å². The number of nitrogens with two attached hydrogens (primary N) is 1. The molecule has 190 valence electrons. The van der Waals surface area contributed by atoms with Crippen molar-refractivity contribution >= 4 is 17.5 Å². The number of rotatable bonds is 9. The van der Waals surface area contributed by atoms with E-state index in [0.29, 0.717) is 31.5 Å². The second-order valence-electron chi connectivity index (χ2n) is 9.09. The molecule has 2 aromatic rings. The van der Waals surface area contributed by atoms with Crippen LogP contribution in [0.5, 0.6) is 0 Å². The summed E-state index contributed by atoms with van der Waals surface area (Å²) in [6.07, 6.45) is 0.182. The minimum absolute atomic E-state index is 0.00769. The smallest absolute Gasteiger partial charge is 0.388 e. The Hall–Kier alpha value is -3.06. The number of primary amides is 1. The molecule has 0 spiro atoms. The first-order valence-electron chi connectivity index (χ1n) is 11.3. The van der Waals surface area contributed by atoms with E-state index in [1.165, 1.54) is 12.4 Å². The van der Waals surface area contributed by atoms with Gasteiger partial charge in [0.15, 0.2) is 11.6 Å². The third kappa shape index (κ3) is 6.34. The van der Waals surface area contributed by atoms with Crippen molar-refractivity contribution in [3.8, 4) is 0 Å². The fourth-order valence-electron chi connectivity index (χ4n) is 4.10. The highest BCUT2D eigenvalue weighted by atomic mass is 19.4. The molecule has 1 aliphatic heterocycles. The predicted molar refractivity (Wildman–Crippen MR) is 119 cm³/mol. The predicted octanol–water partition coefficient (Wildman–Crippen LogP) is 1.92. The number of hydrogen-bond acceptors (Lipinski definition) is 8. The molecule has 13 heteroatoms. The maximum absolute atomic E-state index is 15.4. The molecular weight excluding hydrogens is 470 g/mol. The highest BCUT2D eigenvalue weighted by Gasteiger charge is 2.36. The van der Waals surface area contributed by atoms with Crippen molar-refractivity contribution in [1.82, 2.24) is 19.9 Å². The van der Waals surface area contributed by atoms with Gasteiger partial charge in [0.2, 0.25) is 11.7 Å². The monoisotopic (exact) mass is 497 g/mol. The molecule has 9 nitrogen and oxygen atoms in total. The first-order valence-corrected chi connectivity index (χ1v) is 11.3. The summed E-state index contributed by atoms with van der Waals surface area (Å²) in [5, 5.41) is 13.7.